The molecule has 0 heterocycles. The van der Waals surface area contributed by atoms with E-state index in [2.05, 4.69) is 10.1 Å². The zero-order valence-corrected chi connectivity index (χ0v) is 12.1. The number of carbonyl (C=O) groups excluding carboxylic acids is 1. The maximum Gasteiger partial charge on any atom is 0.307 e. The molecule has 0 aliphatic carbocycles. The minimum Gasteiger partial charge on any atom is -0.469 e. The second-order valence-electron chi connectivity index (χ2n) is 4.75. The SMILES string of the molecule is CCNC(CC(=O)OC)C(O)c1cc(C)ccc1C. The Hall–Kier alpha value is -1.39. The fourth-order valence-electron chi connectivity index (χ4n) is 2.12. The van der Waals surface area contributed by atoms with Crippen molar-refractivity contribution in [1.29, 1.82) is 0 Å². The van der Waals surface area contributed by atoms with E-state index in [1.165, 1.54) is 7.11 Å². The number of aliphatic hydroxyl groups excluding tert-OH is 1. The van der Waals surface area contributed by atoms with Crippen molar-refractivity contribution < 1.29 is 14.6 Å². The van der Waals surface area contributed by atoms with Gasteiger partial charge in [0, 0.05) is 6.04 Å². The first-order chi connectivity index (χ1) is 8.99. The van der Waals surface area contributed by atoms with Gasteiger partial charge in [0.05, 0.1) is 19.6 Å². The van der Waals surface area contributed by atoms with Crippen LogP contribution in [0.2, 0.25) is 0 Å². The van der Waals surface area contributed by atoms with Gasteiger partial charge in [0.2, 0.25) is 0 Å². The first-order valence-corrected chi connectivity index (χ1v) is 6.55. The maximum absolute atomic E-state index is 11.4. The largest absolute Gasteiger partial charge is 0.469 e. The lowest BCUT2D eigenvalue weighted by Gasteiger charge is -2.24. The van der Waals surface area contributed by atoms with E-state index in [1.807, 2.05) is 39.0 Å². The van der Waals surface area contributed by atoms with Crippen LogP contribution in [0.1, 0.15) is 36.1 Å². The molecule has 4 nitrogen and oxygen atoms in total. The zero-order chi connectivity index (χ0) is 14.4. The quantitative estimate of drug-likeness (QED) is 0.771. The van der Waals surface area contributed by atoms with Gasteiger partial charge in [0.25, 0.3) is 0 Å². The van der Waals surface area contributed by atoms with Crippen LogP contribution in [0.15, 0.2) is 18.2 Å². The summed E-state index contributed by atoms with van der Waals surface area (Å²) in [5, 5.41) is 13.6. The number of esters is 1. The first kappa shape index (κ1) is 15.7. The van der Waals surface area contributed by atoms with Crippen LogP contribution in [-0.4, -0.2) is 30.8 Å². The minimum absolute atomic E-state index is 0.152. The van der Waals surface area contributed by atoms with E-state index in [-0.39, 0.29) is 18.4 Å². The molecule has 0 spiro atoms. The van der Waals surface area contributed by atoms with E-state index < -0.39 is 6.10 Å². The fraction of sp³-hybridized carbons (Fsp3) is 0.533. The van der Waals surface area contributed by atoms with E-state index in [0.717, 1.165) is 16.7 Å². The molecule has 2 N–H and O–H groups in total. The lowest BCUT2D eigenvalue weighted by atomic mass is 9.94. The summed E-state index contributed by atoms with van der Waals surface area (Å²) in [5.41, 5.74) is 2.97. The molecule has 0 amide bonds. The Morgan fingerprint density at radius 3 is 2.68 bits per heavy atom. The average molecular weight is 265 g/mol. The number of ether oxygens (including phenoxy) is 1. The average Bonchev–Trinajstić information content (AvgIpc) is 2.40. The van der Waals surface area contributed by atoms with Gasteiger partial charge < -0.3 is 15.2 Å². The third-order valence-corrected chi connectivity index (χ3v) is 3.22. The molecule has 106 valence electrons. The van der Waals surface area contributed by atoms with E-state index in [4.69, 9.17) is 0 Å². The molecule has 0 saturated carbocycles. The van der Waals surface area contributed by atoms with Crippen LogP contribution in [0.4, 0.5) is 0 Å². The Labute approximate surface area is 114 Å². The van der Waals surface area contributed by atoms with E-state index >= 15 is 0 Å². The minimum atomic E-state index is -0.723. The highest BCUT2D eigenvalue weighted by molar-refractivity contribution is 5.70. The van der Waals surface area contributed by atoms with Crippen LogP contribution in [0.3, 0.4) is 0 Å². The van der Waals surface area contributed by atoms with Crippen LogP contribution in [-0.2, 0) is 9.53 Å². The van der Waals surface area contributed by atoms with Crippen LogP contribution in [0, 0.1) is 13.8 Å². The van der Waals surface area contributed by atoms with Gasteiger partial charge >= 0.3 is 5.97 Å². The highest BCUT2D eigenvalue weighted by Crippen LogP contribution is 2.23. The van der Waals surface area contributed by atoms with Gasteiger partial charge in [-0.3, -0.25) is 4.79 Å². The number of hydrogen-bond acceptors (Lipinski definition) is 4. The van der Waals surface area contributed by atoms with E-state index in [9.17, 15) is 9.90 Å². The molecular weight excluding hydrogens is 242 g/mol. The number of methoxy groups -OCH3 is 1. The summed E-state index contributed by atoms with van der Waals surface area (Å²) in [6, 6.07) is 5.61. The molecule has 1 rings (SSSR count). The highest BCUT2D eigenvalue weighted by atomic mass is 16.5. The molecule has 0 aromatic heterocycles. The van der Waals surface area contributed by atoms with Gasteiger partial charge in [-0.25, -0.2) is 0 Å². The van der Waals surface area contributed by atoms with Crippen LogP contribution < -0.4 is 5.32 Å². The molecule has 2 unspecified atom stereocenters. The molecule has 0 bridgehead atoms. The third kappa shape index (κ3) is 4.33. The van der Waals surface area contributed by atoms with Crippen LogP contribution >= 0.6 is 0 Å². The number of aryl methyl sites for hydroxylation is 2. The first-order valence-electron chi connectivity index (χ1n) is 6.55. The number of benzene rings is 1. The zero-order valence-electron chi connectivity index (χ0n) is 12.1. The van der Waals surface area contributed by atoms with Gasteiger partial charge in [0.15, 0.2) is 0 Å². The summed E-state index contributed by atoms with van der Waals surface area (Å²) >= 11 is 0. The number of hydrogen-bond donors (Lipinski definition) is 2. The number of nitrogens with one attached hydrogen (secondary N) is 1. The molecular formula is C15H23NO3. The maximum atomic E-state index is 11.4. The number of rotatable bonds is 6. The van der Waals surface area contributed by atoms with Gasteiger partial charge in [-0.1, -0.05) is 30.7 Å². The Morgan fingerprint density at radius 1 is 1.42 bits per heavy atom. The van der Waals surface area contributed by atoms with Crippen molar-refractivity contribution in [1.82, 2.24) is 5.32 Å². The molecule has 0 fully saturated rings. The molecule has 4 heteroatoms. The van der Waals surface area contributed by atoms with Gasteiger partial charge in [-0.15, -0.1) is 0 Å². The predicted octanol–water partition coefficient (Wildman–Crippen LogP) is 1.88. The van der Waals surface area contributed by atoms with Crippen molar-refractivity contribution in [2.75, 3.05) is 13.7 Å². The lowest BCUT2D eigenvalue weighted by molar-refractivity contribution is -0.142. The van der Waals surface area contributed by atoms with E-state index in [1.54, 1.807) is 0 Å². The smallest absolute Gasteiger partial charge is 0.307 e. The summed E-state index contributed by atoms with van der Waals surface area (Å²) in [4.78, 5) is 11.4. The molecule has 0 aliphatic rings. The molecule has 2 atom stereocenters. The highest BCUT2D eigenvalue weighted by Gasteiger charge is 2.24. The molecule has 0 aliphatic heterocycles. The summed E-state index contributed by atoms with van der Waals surface area (Å²) in [5.74, 6) is -0.324. The van der Waals surface area contributed by atoms with Crippen molar-refractivity contribution in [2.45, 2.75) is 39.3 Å². The van der Waals surface area contributed by atoms with Crippen molar-refractivity contribution >= 4 is 5.97 Å². The molecule has 0 radical (unpaired) electrons. The Kier molecular flexibility index (Phi) is 5.99. The predicted molar refractivity (Wildman–Crippen MR) is 75.0 cm³/mol. The lowest BCUT2D eigenvalue weighted by Crippen LogP contribution is -2.37. The van der Waals surface area contributed by atoms with Crippen molar-refractivity contribution in [3.63, 3.8) is 0 Å². The van der Waals surface area contributed by atoms with Crippen molar-refractivity contribution in [2.24, 2.45) is 0 Å². The number of carbonyl (C=O) groups is 1. The van der Waals surface area contributed by atoms with E-state index in [0.29, 0.717) is 6.54 Å². The Bertz CT molecular complexity index is 431. The van der Waals surface area contributed by atoms with Crippen LogP contribution in [0.25, 0.3) is 0 Å². The standard InChI is InChI=1S/C15H23NO3/c1-5-16-13(9-14(17)19-4)15(18)12-8-10(2)6-7-11(12)3/h6-8,13,15-16,18H,5,9H2,1-4H3. The third-order valence-electron chi connectivity index (χ3n) is 3.22. The summed E-state index contributed by atoms with van der Waals surface area (Å²) < 4.78 is 4.68. The van der Waals surface area contributed by atoms with Crippen LogP contribution in [0.5, 0.6) is 0 Å². The van der Waals surface area contributed by atoms with Crippen molar-refractivity contribution in [3.05, 3.63) is 34.9 Å². The summed E-state index contributed by atoms with van der Waals surface area (Å²) in [7, 11) is 1.36. The molecule has 19 heavy (non-hydrogen) atoms. The fourth-order valence-corrected chi connectivity index (χ4v) is 2.12. The van der Waals surface area contributed by atoms with Gasteiger partial charge in [-0.05, 0) is 31.5 Å². The molecule has 0 saturated heterocycles. The number of likely N-dealkylation sites (N-methyl/N-ethyl adjacent to an activating group) is 1. The second-order valence-corrected chi connectivity index (χ2v) is 4.75. The normalized spacial score (nSPS) is 13.9. The monoisotopic (exact) mass is 265 g/mol. The molecule has 1 aromatic rings. The van der Waals surface area contributed by atoms with Gasteiger partial charge in [0.1, 0.15) is 0 Å². The second kappa shape index (κ2) is 7.26. The Balaban J connectivity index is 2.94. The van der Waals surface area contributed by atoms with Gasteiger partial charge in [-0.2, -0.15) is 0 Å². The van der Waals surface area contributed by atoms with Crippen molar-refractivity contribution in [3.8, 4) is 0 Å². The topological polar surface area (TPSA) is 58.6 Å². The summed E-state index contributed by atoms with van der Waals surface area (Å²) in [6.07, 6.45) is -0.572. The summed E-state index contributed by atoms with van der Waals surface area (Å²) in [6.45, 7) is 6.57. The molecule has 1 aromatic carbocycles. The Morgan fingerprint density at radius 2 is 2.11 bits per heavy atom. The number of aliphatic hydroxyl groups is 1.